The van der Waals surface area contributed by atoms with Crippen LogP contribution in [0.15, 0.2) is 12.3 Å². The van der Waals surface area contributed by atoms with Crippen LogP contribution in [0.1, 0.15) is 34.3 Å². The first-order valence-corrected chi connectivity index (χ1v) is 6.71. The summed E-state index contributed by atoms with van der Waals surface area (Å²) in [6.07, 6.45) is 3.91. The van der Waals surface area contributed by atoms with Gasteiger partial charge in [-0.1, -0.05) is 13.3 Å². The largest absolute Gasteiger partial charge is 0.477 e. The first kappa shape index (κ1) is 12.8. The van der Waals surface area contributed by atoms with Gasteiger partial charge in [0.25, 0.3) is 0 Å². The predicted molar refractivity (Wildman–Crippen MR) is 72.2 cm³/mol. The molecule has 0 aromatic carbocycles. The van der Waals surface area contributed by atoms with Crippen molar-refractivity contribution >= 4 is 17.3 Å². The molecule has 1 N–H and O–H groups in total. The number of nitrogens with zero attached hydrogens (tertiary/aromatic N) is 2. The van der Waals surface area contributed by atoms with Gasteiger partial charge in [0.05, 0.1) is 5.69 Å². The Morgan fingerprint density at radius 1 is 1.56 bits per heavy atom. The summed E-state index contributed by atoms with van der Waals surface area (Å²) in [7, 11) is 1.89. The summed E-state index contributed by atoms with van der Waals surface area (Å²) < 4.78 is 1.79. The molecule has 0 aliphatic heterocycles. The molecule has 2 heterocycles. The molecule has 0 radical (unpaired) electrons. The molecule has 0 atom stereocenters. The number of aromatic nitrogens is 2. The number of thiophene rings is 1. The highest BCUT2D eigenvalue weighted by Crippen LogP contribution is 2.34. The zero-order chi connectivity index (χ0) is 13.3. The lowest BCUT2D eigenvalue weighted by Gasteiger charge is -1.99. The number of hydrogen-bond donors (Lipinski definition) is 1. The van der Waals surface area contributed by atoms with Gasteiger partial charge in [-0.3, -0.25) is 4.68 Å². The molecule has 0 aliphatic rings. The third kappa shape index (κ3) is 2.31. The van der Waals surface area contributed by atoms with Crippen LogP contribution in [0, 0.1) is 6.92 Å². The lowest BCUT2D eigenvalue weighted by Crippen LogP contribution is -1.90. The van der Waals surface area contributed by atoms with Crippen LogP contribution in [-0.4, -0.2) is 20.9 Å². The lowest BCUT2D eigenvalue weighted by atomic mass is 10.1. The molecule has 0 fully saturated rings. The predicted octanol–water partition coefficient (Wildman–Crippen LogP) is 3.11. The van der Waals surface area contributed by atoms with Crippen molar-refractivity contribution in [2.75, 3.05) is 0 Å². The molecule has 2 rings (SSSR count). The third-order valence-corrected chi connectivity index (χ3v) is 4.02. The van der Waals surface area contributed by atoms with Crippen LogP contribution in [0.2, 0.25) is 0 Å². The smallest absolute Gasteiger partial charge is 0.345 e. The number of rotatable bonds is 4. The minimum absolute atomic E-state index is 0.383. The minimum atomic E-state index is -0.865. The lowest BCUT2D eigenvalue weighted by molar-refractivity contribution is 0.0702. The SMILES string of the molecule is CCCc1nn(C)cc1-c1sc(C(=O)O)cc1C. The van der Waals surface area contributed by atoms with Crippen LogP contribution >= 0.6 is 11.3 Å². The molecule has 0 spiro atoms. The Morgan fingerprint density at radius 2 is 2.28 bits per heavy atom. The summed E-state index contributed by atoms with van der Waals surface area (Å²) in [6, 6.07) is 1.73. The Kier molecular flexibility index (Phi) is 3.52. The zero-order valence-corrected chi connectivity index (χ0v) is 11.5. The number of aromatic carboxylic acids is 1. The highest BCUT2D eigenvalue weighted by molar-refractivity contribution is 7.17. The van der Waals surface area contributed by atoms with Gasteiger partial charge in [-0.25, -0.2) is 4.79 Å². The van der Waals surface area contributed by atoms with Crippen LogP contribution in [0.3, 0.4) is 0 Å². The van der Waals surface area contributed by atoms with E-state index < -0.39 is 5.97 Å². The van der Waals surface area contributed by atoms with Crippen molar-refractivity contribution in [1.82, 2.24) is 9.78 Å². The van der Waals surface area contributed by atoms with Crippen molar-refractivity contribution in [3.05, 3.63) is 28.4 Å². The van der Waals surface area contributed by atoms with Gasteiger partial charge < -0.3 is 5.11 Å². The first-order chi connectivity index (χ1) is 8.52. The number of carboxylic acids is 1. The highest BCUT2D eigenvalue weighted by atomic mass is 32.1. The van der Waals surface area contributed by atoms with E-state index in [1.54, 1.807) is 10.7 Å². The maximum Gasteiger partial charge on any atom is 0.345 e. The molecular weight excluding hydrogens is 248 g/mol. The van der Waals surface area contributed by atoms with E-state index in [-0.39, 0.29) is 0 Å². The number of hydrogen-bond acceptors (Lipinski definition) is 3. The summed E-state index contributed by atoms with van der Waals surface area (Å²) in [5.74, 6) is -0.865. The van der Waals surface area contributed by atoms with E-state index in [4.69, 9.17) is 5.11 Å². The van der Waals surface area contributed by atoms with Crippen molar-refractivity contribution in [3.63, 3.8) is 0 Å². The molecule has 0 saturated heterocycles. The van der Waals surface area contributed by atoms with E-state index in [0.29, 0.717) is 4.88 Å². The molecule has 0 aliphatic carbocycles. The summed E-state index contributed by atoms with van der Waals surface area (Å²) >= 11 is 1.32. The van der Waals surface area contributed by atoms with Crippen LogP contribution in [0.5, 0.6) is 0 Å². The standard InChI is InChI=1S/C13H16N2O2S/c1-4-5-10-9(7-15(3)14-10)12-8(2)6-11(18-12)13(16)17/h6-7H,4-5H2,1-3H3,(H,16,17). The molecule has 2 aromatic rings. The van der Waals surface area contributed by atoms with Gasteiger partial charge in [0.2, 0.25) is 0 Å². The van der Waals surface area contributed by atoms with E-state index in [1.807, 2.05) is 20.2 Å². The molecule has 4 nitrogen and oxygen atoms in total. The molecule has 5 heteroatoms. The summed E-state index contributed by atoms with van der Waals surface area (Å²) in [5.41, 5.74) is 3.11. The Labute approximate surface area is 110 Å². The molecule has 2 aromatic heterocycles. The van der Waals surface area contributed by atoms with E-state index in [9.17, 15) is 4.79 Å². The van der Waals surface area contributed by atoms with Crippen molar-refractivity contribution in [1.29, 1.82) is 0 Å². The molecule has 96 valence electrons. The second kappa shape index (κ2) is 4.94. The maximum absolute atomic E-state index is 11.0. The average molecular weight is 264 g/mol. The zero-order valence-electron chi connectivity index (χ0n) is 10.7. The van der Waals surface area contributed by atoms with Gasteiger partial charge in [-0.2, -0.15) is 5.10 Å². The Balaban J connectivity index is 2.50. The third-order valence-electron chi connectivity index (χ3n) is 2.77. The fraction of sp³-hybridized carbons (Fsp3) is 0.385. The summed E-state index contributed by atoms with van der Waals surface area (Å²) in [5, 5.41) is 13.5. The van der Waals surface area contributed by atoms with Crippen molar-refractivity contribution in [2.45, 2.75) is 26.7 Å². The topological polar surface area (TPSA) is 55.1 Å². The summed E-state index contributed by atoms with van der Waals surface area (Å²) in [6.45, 7) is 4.06. The quantitative estimate of drug-likeness (QED) is 0.923. The van der Waals surface area contributed by atoms with E-state index in [0.717, 1.165) is 34.5 Å². The average Bonchev–Trinajstić information content (AvgIpc) is 2.83. The number of carbonyl (C=O) groups is 1. The van der Waals surface area contributed by atoms with Gasteiger partial charge in [-0.15, -0.1) is 11.3 Å². The van der Waals surface area contributed by atoms with Crippen LogP contribution < -0.4 is 0 Å². The second-order valence-corrected chi connectivity index (χ2v) is 5.39. The summed E-state index contributed by atoms with van der Waals surface area (Å²) in [4.78, 5) is 12.4. The van der Waals surface area contributed by atoms with Gasteiger partial charge in [0.1, 0.15) is 4.88 Å². The molecule has 0 bridgehead atoms. The number of aryl methyl sites for hydroxylation is 3. The number of carboxylic acid groups (broad SMARTS) is 1. The second-order valence-electron chi connectivity index (χ2n) is 4.34. The Hall–Kier alpha value is -1.62. The normalized spacial score (nSPS) is 10.8. The molecule has 0 amide bonds. The maximum atomic E-state index is 11.0. The highest BCUT2D eigenvalue weighted by Gasteiger charge is 2.17. The molecule has 0 saturated carbocycles. The van der Waals surface area contributed by atoms with Crippen LogP contribution in [0.4, 0.5) is 0 Å². The van der Waals surface area contributed by atoms with Gasteiger partial charge in [0.15, 0.2) is 0 Å². The van der Waals surface area contributed by atoms with E-state index >= 15 is 0 Å². The van der Waals surface area contributed by atoms with Crippen molar-refractivity contribution in [2.24, 2.45) is 7.05 Å². The van der Waals surface area contributed by atoms with Gasteiger partial charge in [0, 0.05) is 23.7 Å². The molecule has 0 unspecified atom stereocenters. The molecule has 18 heavy (non-hydrogen) atoms. The van der Waals surface area contributed by atoms with E-state index in [2.05, 4.69) is 12.0 Å². The minimum Gasteiger partial charge on any atom is -0.477 e. The monoisotopic (exact) mass is 264 g/mol. The Morgan fingerprint density at radius 3 is 2.83 bits per heavy atom. The fourth-order valence-electron chi connectivity index (χ4n) is 2.00. The first-order valence-electron chi connectivity index (χ1n) is 5.89. The fourth-order valence-corrected chi connectivity index (χ4v) is 3.04. The van der Waals surface area contributed by atoms with E-state index in [1.165, 1.54) is 11.3 Å². The van der Waals surface area contributed by atoms with Crippen molar-refractivity contribution in [3.8, 4) is 10.4 Å². The van der Waals surface area contributed by atoms with Gasteiger partial charge >= 0.3 is 5.97 Å². The Bertz CT molecular complexity index is 584. The van der Waals surface area contributed by atoms with Crippen molar-refractivity contribution < 1.29 is 9.90 Å². The molecular formula is C13H16N2O2S. The van der Waals surface area contributed by atoms with Crippen LogP contribution in [0.25, 0.3) is 10.4 Å². The van der Waals surface area contributed by atoms with Crippen LogP contribution in [-0.2, 0) is 13.5 Å². The van der Waals surface area contributed by atoms with Gasteiger partial charge in [-0.05, 0) is 25.0 Å².